The number of carbonyl (C=O) groups excluding carboxylic acids is 1. The first-order valence-electron chi connectivity index (χ1n) is 6.21. The highest BCUT2D eigenvalue weighted by atomic mass is 16.5. The van der Waals surface area contributed by atoms with E-state index in [4.69, 9.17) is 14.3 Å². The number of furan rings is 1. The van der Waals surface area contributed by atoms with Crippen molar-refractivity contribution in [1.82, 2.24) is 5.32 Å². The quantitative estimate of drug-likeness (QED) is 0.701. The van der Waals surface area contributed by atoms with Crippen LogP contribution in [0.2, 0.25) is 0 Å². The summed E-state index contributed by atoms with van der Waals surface area (Å²) in [7, 11) is 0. The molecule has 2 N–H and O–H groups in total. The van der Waals surface area contributed by atoms with Gasteiger partial charge in [-0.15, -0.1) is 0 Å². The summed E-state index contributed by atoms with van der Waals surface area (Å²) in [6.45, 7) is 4.34. The van der Waals surface area contributed by atoms with Crippen LogP contribution in [0.3, 0.4) is 0 Å². The van der Waals surface area contributed by atoms with E-state index in [1.54, 1.807) is 6.92 Å². The molecule has 0 saturated heterocycles. The van der Waals surface area contributed by atoms with Gasteiger partial charge < -0.3 is 19.6 Å². The Labute approximate surface area is 111 Å². The van der Waals surface area contributed by atoms with Crippen molar-refractivity contribution in [1.29, 1.82) is 0 Å². The van der Waals surface area contributed by atoms with E-state index in [1.807, 2.05) is 6.92 Å². The average molecular weight is 269 g/mol. The molecule has 0 fully saturated rings. The molecule has 1 rings (SSSR count). The van der Waals surface area contributed by atoms with E-state index in [0.717, 1.165) is 12.8 Å². The van der Waals surface area contributed by atoms with Gasteiger partial charge in [0.2, 0.25) is 5.91 Å². The van der Waals surface area contributed by atoms with E-state index in [-0.39, 0.29) is 24.6 Å². The van der Waals surface area contributed by atoms with Crippen LogP contribution in [0, 0.1) is 6.92 Å². The van der Waals surface area contributed by atoms with Crippen LogP contribution in [-0.2, 0) is 16.1 Å². The fraction of sp³-hybridized carbons (Fsp3) is 0.538. The molecule has 0 aliphatic heterocycles. The van der Waals surface area contributed by atoms with Crippen LogP contribution in [0.15, 0.2) is 10.5 Å². The molecule has 0 unspecified atom stereocenters. The van der Waals surface area contributed by atoms with Gasteiger partial charge in [0.25, 0.3) is 0 Å². The number of carbonyl (C=O) groups is 2. The molecule has 106 valence electrons. The molecule has 0 bridgehead atoms. The highest BCUT2D eigenvalue weighted by Crippen LogP contribution is 2.14. The first-order chi connectivity index (χ1) is 9.04. The molecule has 1 aromatic heterocycles. The third kappa shape index (κ3) is 5.13. The van der Waals surface area contributed by atoms with Crippen LogP contribution in [0.25, 0.3) is 0 Å². The number of aryl methyl sites for hydroxylation is 1. The minimum Gasteiger partial charge on any atom is -0.478 e. The second kappa shape index (κ2) is 7.58. The summed E-state index contributed by atoms with van der Waals surface area (Å²) in [4.78, 5) is 22.2. The van der Waals surface area contributed by atoms with Crippen LogP contribution < -0.4 is 5.32 Å². The molecule has 0 saturated carbocycles. The van der Waals surface area contributed by atoms with E-state index in [0.29, 0.717) is 18.1 Å². The predicted molar refractivity (Wildman–Crippen MR) is 68.0 cm³/mol. The maximum atomic E-state index is 11.4. The molecule has 6 heteroatoms. The zero-order valence-electron chi connectivity index (χ0n) is 11.2. The topological polar surface area (TPSA) is 88.8 Å². The number of hydrogen-bond donors (Lipinski definition) is 2. The minimum atomic E-state index is -1.04. The van der Waals surface area contributed by atoms with Gasteiger partial charge >= 0.3 is 5.97 Å². The molecule has 0 aromatic carbocycles. The molecule has 0 spiro atoms. The Kier molecular flexibility index (Phi) is 6.08. The van der Waals surface area contributed by atoms with E-state index in [1.165, 1.54) is 6.07 Å². The summed E-state index contributed by atoms with van der Waals surface area (Å²) < 4.78 is 10.4. The summed E-state index contributed by atoms with van der Waals surface area (Å²) in [5.41, 5.74) is 0.114. The SMILES string of the molecule is CCCCOCC(=O)NCc1cc(C(=O)O)c(C)o1. The normalized spacial score (nSPS) is 10.4. The monoisotopic (exact) mass is 269 g/mol. The van der Waals surface area contributed by atoms with Crippen LogP contribution >= 0.6 is 0 Å². The van der Waals surface area contributed by atoms with Gasteiger partial charge in [0.15, 0.2) is 0 Å². The summed E-state index contributed by atoms with van der Waals surface area (Å²) >= 11 is 0. The first kappa shape index (κ1) is 15.2. The van der Waals surface area contributed by atoms with E-state index >= 15 is 0 Å². The number of carboxylic acid groups (broad SMARTS) is 1. The van der Waals surface area contributed by atoms with Gasteiger partial charge in [0.05, 0.1) is 6.54 Å². The van der Waals surface area contributed by atoms with Gasteiger partial charge in [-0.25, -0.2) is 4.79 Å². The summed E-state index contributed by atoms with van der Waals surface area (Å²) in [6.07, 6.45) is 1.94. The maximum Gasteiger partial charge on any atom is 0.339 e. The number of nitrogens with one attached hydrogen (secondary N) is 1. The Hall–Kier alpha value is -1.82. The van der Waals surface area contributed by atoms with Crippen molar-refractivity contribution in [3.63, 3.8) is 0 Å². The lowest BCUT2D eigenvalue weighted by molar-refractivity contribution is -0.126. The Morgan fingerprint density at radius 3 is 2.79 bits per heavy atom. The van der Waals surface area contributed by atoms with E-state index in [2.05, 4.69) is 5.32 Å². The largest absolute Gasteiger partial charge is 0.478 e. The molecule has 1 aromatic rings. The smallest absolute Gasteiger partial charge is 0.339 e. The van der Waals surface area contributed by atoms with Crippen molar-refractivity contribution in [2.24, 2.45) is 0 Å². The fourth-order valence-corrected chi connectivity index (χ4v) is 1.49. The number of unbranched alkanes of at least 4 members (excludes halogenated alkanes) is 1. The van der Waals surface area contributed by atoms with Crippen LogP contribution in [0.4, 0.5) is 0 Å². The summed E-state index contributed by atoms with van der Waals surface area (Å²) in [6, 6.07) is 1.41. The zero-order chi connectivity index (χ0) is 14.3. The lowest BCUT2D eigenvalue weighted by Crippen LogP contribution is -2.27. The Bertz CT molecular complexity index is 438. The summed E-state index contributed by atoms with van der Waals surface area (Å²) in [5, 5.41) is 11.5. The number of hydrogen-bond acceptors (Lipinski definition) is 4. The standard InChI is InChI=1S/C13H19NO5/c1-3-4-5-18-8-12(15)14-7-10-6-11(13(16)17)9(2)19-10/h6H,3-5,7-8H2,1-2H3,(H,14,15)(H,16,17). The molecule has 1 amide bonds. The average Bonchev–Trinajstić information content (AvgIpc) is 2.74. The predicted octanol–water partition coefficient (Wildman–Crippen LogP) is 1.72. The Morgan fingerprint density at radius 2 is 2.21 bits per heavy atom. The lowest BCUT2D eigenvalue weighted by atomic mass is 10.2. The Morgan fingerprint density at radius 1 is 1.47 bits per heavy atom. The number of aromatic carboxylic acids is 1. The Balaban J connectivity index is 2.34. The first-order valence-corrected chi connectivity index (χ1v) is 6.21. The maximum absolute atomic E-state index is 11.4. The third-order valence-corrected chi connectivity index (χ3v) is 2.53. The van der Waals surface area contributed by atoms with Gasteiger partial charge in [-0.3, -0.25) is 4.79 Å². The van der Waals surface area contributed by atoms with E-state index < -0.39 is 5.97 Å². The van der Waals surface area contributed by atoms with Crippen molar-refractivity contribution in [3.8, 4) is 0 Å². The second-order valence-electron chi connectivity index (χ2n) is 4.17. The molecular weight excluding hydrogens is 250 g/mol. The van der Waals surface area contributed by atoms with Crippen LogP contribution in [0.1, 0.15) is 41.6 Å². The molecular formula is C13H19NO5. The number of ether oxygens (including phenoxy) is 1. The third-order valence-electron chi connectivity index (χ3n) is 2.53. The van der Waals surface area contributed by atoms with Crippen LogP contribution in [-0.4, -0.2) is 30.2 Å². The van der Waals surface area contributed by atoms with Gasteiger partial charge in [0.1, 0.15) is 23.7 Å². The molecule has 0 atom stereocenters. The van der Waals surface area contributed by atoms with Crippen molar-refractivity contribution >= 4 is 11.9 Å². The highest BCUT2D eigenvalue weighted by Gasteiger charge is 2.13. The van der Waals surface area contributed by atoms with Gasteiger partial charge in [-0.1, -0.05) is 13.3 Å². The molecule has 0 aliphatic carbocycles. The summed E-state index contributed by atoms with van der Waals surface area (Å²) in [5.74, 6) is -0.545. The van der Waals surface area contributed by atoms with Crippen molar-refractivity contribution in [2.45, 2.75) is 33.2 Å². The van der Waals surface area contributed by atoms with Crippen molar-refractivity contribution in [2.75, 3.05) is 13.2 Å². The number of carboxylic acids is 1. The fourth-order valence-electron chi connectivity index (χ4n) is 1.49. The molecule has 6 nitrogen and oxygen atoms in total. The molecule has 0 radical (unpaired) electrons. The zero-order valence-corrected chi connectivity index (χ0v) is 11.2. The molecule has 0 aliphatic rings. The number of rotatable bonds is 8. The van der Waals surface area contributed by atoms with Gasteiger partial charge in [-0.2, -0.15) is 0 Å². The van der Waals surface area contributed by atoms with Crippen LogP contribution in [0.5, 0.6) is 0 Å². The minimum absolute atomic E-state index is 0.00543. The van der Waals surface area contributed by atoms with Gasteiger partial charge in [0, 0.05) is 6.61 Å². The van der Waals surface area contributed by atoms with E-state index in [9.17, 15) is 9.59 Å². The molecule has 19 heavy (non-hydrogen) atoms. The number of amides is 1. The highest BCUT2D eigenvalue weighted by molar-refractivity contribution is 5.88. The van der Waals surface area contributed by atoms with Crippen molar-refractivity contribution < 1.29 is 23.8 Å². The lowest BCUT2D eigenvalue weighted by Gasteiger charge is -2.04. The second-order valence-corrected chi connectivity index (χ2v) is 4.17. The molecule has 1 heterocycles. The van der Waals surface area contributed by atoms with Crippen molar-refractivity contribution in [3.05, 3.63) is 23.2 Å². The van der Waals surface area contributed by atoms with Gasteiger partial charge in [-0.05, 0) is 19.4 Å².